The van der Waals surface area contributed by atoms with E-state index in [0.29, 0.717) is 0 Å². The van der Waals surface area contributed by atoms with E-state index in [-0.39, 0.29) is 0 Å². The number of nitrogens with zero attached hydrogens (tertiary/aromatic N) is 2. The van der Waals surface area contributed by atoms with Crippen molar-refractivity contribution >= 4 is 22.2 Å². The van der Waals surface area contributed by atoms with Crippen LogP contribution in [0.2, 0.25) is 0 Å². The number of thiazole rings is 1. The Morgan fingerprint density at radius 3 is 3.06 bits per heavy atom. The van der Waals surface area contributed by atoms with Crippen LogP contribution in [0.3, 0.4) is 0 Å². The molecule has 0 fully saturated rings. The van der Waals surface area contributed by atoms with Crippen LogP contribution in [0, 0.1) is 0 Å². The minimum Gasteiger partial charge on any atom is -0.496 e. The summed E-state index contributed by atoms with van der Waals surface area (Å²) < 4.78 is 7.54. The number of fused-ring (bicyclic) bond motifs is 1. The van der Waals surface area contributed by atoms with Crippen molar-refractivity contribution in [1.29, 1.82) is 0 Å². The van der Waals surface area contributed by atoms with Gasteiger partial charge in [-0.15, -0.1) is 11.3 Å². The molecule has 2 aromatic heterocycles. The van der Waals surface area contributed by atoms with Crippen molar-refractivity contribution in [3.05, 3.63) is 47.0 Å². The zero-order valence-electron chi connectivity index (χ0n) is 9.46. The van der Waals surface area contributed by atoms with E-state index in [0.717, 1.165) is 23.4 Å². The number of rotatable bonds is 3. The third-order valence-corrected chi connectivity index (χ3v) is 3.44. The number of hydrogen-bond donors (Lipinski definition) is 0. The summed E-state index contributed by atoms with van der Waals surface area (Å²) in [5, 5.41) is 3.22. The van der Waals surface area contributed by atoms with Crippen LogP contribution in [0.15, 0.2) is 41.4 Å². The van der Waals surface area contributed by atoms with Crippen molar-refractivity contribution in [2.75, 3.05) is 7.11 Å². The second-order valence-corrected chi connectivity index (χ2v) is 4.54. The lowest BCUT2D eigenvalue weighted by Gasteiger charge is -2.05. The summed E-state index contributed by atoms with van der Waals surface area (Å²) in [4.78, 5) is 4.31. The zero-order chi connectivity index (χ0) is 11.7. The summed E-state index contributed by atoms with van der Waals surface area (Å²) in [5.74, 6) is 0.916. The predicted octanol–water partition coefficient (Wildman–Crippen LogP) is 3.15. The average molecular weight is 244 g/mol. The molecule has 17 heavy (non-hydrogen) atoms. The maximum Gasteiger partial charge on any atom is 0.128 e. The monoisotopic (exact) mass is 244 g/mol. The normalized spacial score (nSPS) is 10.9. The number of benzene rings is 1. The number of aromatic nitrogens is 2. The molecule has 3 nitrogen and oxygen atoms in total. The van der Waals surface area contributed by atoms with Gasteiger partial charge in [0.05, 0.1) is 30.4 Å². The highest BCUT2D eigenvalue weighted by Gasteiger charge is 2.06. The fourth-order valence-electron chi connectivity index (χ4n) is 2.00. The molecule has 1 aromatic carbocycles. The Morgan fingerprint density at radius 2 is 2.29 bits per heavy atom. The van der Waals surface area contributed by atoms with E-state index < -0.39 is 0 Å². The fraction of sp³-hybridized carbons (Fsp3) is 0.154. The van der Waals surface area contributed by atoms with Crippen molar-refractivity contribution in [3.8, 4) is 5.75 Å². The summed E-state index contributed by atoms with van der Waals surface area (Å²) in [7, 11) is 1.70. The SMILES string of the molecule is COc1cccc2c1ccn2Cc1cscn1. The Morgan fingerprint density at radius 1 is 1.35 bits per heavy atom. The van der Waals surface area contributed by atoms with Crippen molar-refractivity contribution in [1.82, 2.24) is 9.55 Å². The molecule has 3 aromatic rings. The summed E-state index contributed by atoms with van der Waals surface area (Å²) >= 11 is 1.63. The minimum atomic E-state index is 0.806. The van der Waals surface area contributed by atoms with Gasteiger partial charge in [-0.3, -0.25) is 0 Å². The van der Waals surface area contributed by atoms with Gasteiger partial charge < -0.3 is 9.30 Å². The van der Waals surface area contributed by atoms with Crippen molar-refractivity contribution < 1.29 is 4.74 Å². The molecular weight excluding hydrogens is 232 g/mol. The first-order chi connectivity index (χ1) is 8.38. The summed E-state index contributed by atoms with van der Waals surface area (Å²) in [6, 6.07) is 8.18. The Hall–Kier alpha value is -1.81. The molecular formula is C13H12N2OS. The van der Waals surface area contributed by atoms with Gasteiger partial charge in [0, 0.05) is 17.0 Å². The Bertz CT molecular complexity index is 628. The van der Waals surface area contributed by atoms with E-state index in [4.69, 9.17) is 4.74 Å². The summed E-state index contributed by atoms with van der Waals surface area (Å²) in [6.45, 7) is 0.806. The molecule has 0 saturated carbocycles. The molecule has 0 bridgehead atoms. The van der Waals surface area contributed by atoms with Crippen LogP contribution in [-0.4, -0.2) is 16.7 Å². The largest absolute Gasteiger partial charge is 0.496 e. The van der Waals surface area contributed by atoms with Crippen LogP contribution < -0.4 is 4.74 Å². The molecule has 0 radical (unpaired) electrons. The van der Waals surface area contributed by atoms with E-state index in [9.17, 15) is 0 Å². The van der Waals surface area contributed by atoms with Crippen LogP contribution in [0.4, 0.5) is 0 Å². The second-order valence-electron chi connectivity index (χ2n) is 3.82. The molecule has 0 unspecified atom stereocenters. The first-order valence-electron chi connectivity index (χ1n) is 5.37. The summed E-state index contributed by atoms with van der Waals surface area (Å²) in [6.07, 6.45) is 2.08. The van der Waals surface area contributed by atoms with Gasteiger partial charge in [-0.1, -0.05) is 6.07 Å². The molecule has 0 aliphatic carbocycles. The third kappa shape index (κ3) is 1.80. The minimum absolute atomic E-state index is 0.806. The predicted molar refractivity (Wildman–Crippen MR) is 69.7 cm³/mol. The topological polar surface area (TPSA) is 27.1 Å². The molecule has 0 aliphatic heterocycles. The fourth-order valence-corrected chi connectivity index (χ4v) is 2.55. The molecule has 0 saturated heterocycles. The van der Waals surface area contributed by atoms with Crippen LogP contribution >= 0.6 is 11.3 Å². The maximum atomic E-state index is 5.35. The van der Waals surface area contributed by atoms with Gasteiger partial charge in [0.25, 0.3) is 0 Å². The van der Waals surface area contributed by atoms with E-state index in [1.807, 2.05) is 17.6 Å². The smallest absolute Gasteiger partial charge is 0.128 e. The van der Waals surface area contributed by atoms with Gasteiger partial charge in [0.1, 0.15) is 5.75 Å². The van der Waals surface area contributed by atoms with E-state index in [1.54, 1.807) is 18.4 Å². The van der Waals surface area contributed by atoms with Gasteiger partial charge in [-0.25, -0.2) is 4.98 Å². The van der Waals surface area contributed by atoms with Crippen LogP contribution in [0.1, 0.15) is 5.69 Å². The molecule has 0 amide bonds. The van der Waals surface area contributed by atoms with E-state index in [1.165, 1.54) is 5.52 Å². The van der Waals surface area contributed by atoms with E-state index in [2.05, 4.69) is 33.3 Å². The van der Waals surface area contributed by atoms with Crippen LogP contribution in [0.5, 0.6) is 5.75 Å². The molecule has 0 N–H and O–H groups in total. The molecule has 0 aliphatic rings. The highest BCUT2D eigenvalue weighted by atomic mass is 32.1. The highest BCUT2D eigenvalue weighted by Crippen LogP contribution is 2.26. The second kappa shape index (κ2) is 4.22. The Kier molecular flexibility index (Phi) is 2.57. The number of hydrogen-bond acceptors (Lipinski definition) is 3. The van der Waals surface area contributed by atoms with Crippen molar-refractivity contribution in [2.45, 2.75) is 6.54 Å². The molecule has 0 spiro atoms. The number of methoxy groups -OCH3 is 1. The molecule has 0 atom stereocenters. The Labute approximate surface area is 103 Å². The van der Waals surface area contributed by atoms with Crippen LogP contribution in [0.25, 0.3) is 10.9 Å². The molecule has 86 valence electrons. The third-order valence-electron chi connectivity index (χ3n) is 2.81. The molecule has 3 rings (SSSR count). The maximum absolute atomic E-state index is 5.35. The average Bonchev–Trinajstić information content (AvgIpc) is 2.99. The molecule has 2 heterocycles. The van der Waals surface area contributed by atoms with Gasteiger partial charge >= 0.3 is 0 Å². The zero-order valence-corrected chi connectivity index (χ0v) is 10.3. The first kappa shape index (κ1) is 10.4. The quantitative estimate of drug-likeness (QED) is 0.707. The van der Waals surface area contributed by atoms with Crippen molar-refractivity contribution in [2.24, 2.45) is 0 Å². The first-order valence-corrected chi connectivity index (χ1v) is 6.31. The Balaban J connectivity index is 2.06. The van der Waals surface area contributed by atoms with Crippen molar-refractivity contribution in [3.63, 3.8) is 0 Å². The summed E-state index contributed by atoms with van der Waals surface area (Å²) in [5.41, 5.74) is 4.13. The highest BCUT2D eigenvalue weighted by molar-refractivity contribution is 7.07. The van der Waals surface area contributed by atoms with Gasteiger partial charge in [-0.05, 0) is 18.2 Å². The number of ether oxygens (including phenoxy) is 1. The standard InChI is InChI=1S/C13H12N2OS/c1-16-13-4-2-3-12-11(13)5-6-15(12)7-10-8-17-9-14-10/h2-6,8-9H,7H2,1H3. The molecule has 4 heteroatoms. The van der Waals surface area contributed by atoms with Gasteiger partial charge in [0.15, 0.2) is 0 Å². The lowest BCUT2D eigenvalue weighted by Crippen LogP contribution is -1.97. The van der Waals surface area contributed by atoms with E-state index >= 15 is 0 Å². The van der Waals surface area contributed by atoms with Gasteiger partial charge in [0.2, 0.25) is 0 Å². The lowest BCUT2D eigenvalue weighted by molar-refractivity contribution is 0.420. The van der Waals surface area contributed by atoms with Crippen LogP contribution in [-0.2, 0) is 6.54 Å². The lowest BCUT2D eigenvalue weighted by atomic mass is 10.2. The van der Waals surface area contributed by atoms with Gasteiger partial charge in [-0.2, -0.15) is 0 Å².